The highest BCUT2D eigenvalue weighted by Gasteiger charge is 2.07. The van der Waals surface area contributed by atoms with E-state index in [1.807, 2.05) is 0 Å². The summed E-state index contributed by atoms with van der Waals surface area (Å²) in [6.07, 6.45) is 24.5. The summed E-state index contributed by atoms with van der Waals surface area (Å²) in [6, 6.07) is 0. The van der Waals surface area contributed by atoms with Gasteiger partial charge in [-0.15, -0.1) is 0 Å². The van der Waals surface area contributed by atoms with Gasteiger partial charge in [0.25, 0.3) is 0 Å². The third-order valence-corrected chi connectivity index (χ3v) is 6.85. The summed E-state index contributed by atoms with van der Waals surface area (Å²) >= 11 is 0. The predicted molar refractivity (Wildman–Crippen MR) is 150 cm³/mol. The fourth-order valence-electron chi connectivity index (χ4n) is 4.49. The second-order valence-electron chi connectivity index (χ2n) is 10.2. The third kappa shape index (κ3) is 25.8. The molecule has 1 N–H and O–H groups in total. The first-order chi connectivity index (χ1) is 17.1. The second-order valence-corrected chi connectivity index (χ2v) is 10.2. The minimum absolute atomic E-state index is 0.0165. The van der Waals surface area contributed by atoms with Gasteiger partial charge in [0.15, 0.2) is 0 Å². The van der Waals surface area contributed by atoms with Crippen LogP contribution in [0.25, 0.3) is 0 Å². The topological polar surface area (TPSA) is 58.6 Å². The highest BCUT2D eigenvalue weighted by Crippen LogP contribution is 2.11. The maximum absolute atomic E-state index is 11.9. The lowest BCUT2D eigenvalue weighted by atomic mass is 10.1. The maximum Gasteiger partial charge on any atom is 0.305 e. The maximum atomic E-state index is 11.9. The van der Waals surface area contributed by atoms with Crippen molar-refractivity contribution in [3.05, 3.63) is 0 Å². The minimum atomic E-state index is -0.0165. The molecule has 0 rings (SSSR count). The van der Waals surface area contributed by atoms with Crippen LogP contribution >= 0.6 is 0 Å². The predicted octanol–water partition coefficient (Wildman–Crippen LogP) is 7.81. The Kier molecular flexibility index (Phi) is 26.6. The van der Waals surface area contributed by atoms with E-state index < -0.39 is 0 Å². The number of nitrogens with one attached hydrogen (secondary N) is 1. The average Bonchev–Trinajstić information content (AvgIpc) is 2.86. The van der Waals surface area contributed by atoms with Crippen molar-refractivity contribution in [2.75, 3.05) is 33.3 Å². The van der Waals surface area contributed by atoms with Gasteiger partial charge in [-0.3, -0.25) is 9.59 Å². The fraction of sp³-hybridized carbons (Fsp3) is 0.933. The van der Waals surface area contributed by atoms with E-state index in [-0.39, 0.29) is 11.9 Å². The number of nitrogens with zero attached hydrogens (tertiary/aromatic N) is 1. The number of unbranched alkanes of at least 4 members (excludes halogenated alkanes) is 15. The van der Waals surface area contributed by atoms with E-state index in [0.717, 1.165) is 45.3 Å². The lowest BCUT2D eigenvalue weighted by Crippen LogP contribution is -2.28. The van der Waals surface area contributed by atoms with Crippen LogP contribution in [0.4, 0.5) is 0 Å². The summed E-state index contributed by atoms with van der Waals surface area (Å²) in [4.78, 5) is 26.0. The first-order valence-corrected chi connectivity index (χ1v) is 15.2. The zero-order valence-electron chi connectivity index (χ0n) is 23.8. The summed E-state index contributed by atoms with van der Waals surface area (Å²) in [7, 11) is 1.71. The molecular weight excluding hydrogens is 436 g/mol. The lowest BCUT2D eigenvalue weighted by molar-refractivity contribution is -0.143. The second kappa shape index (κ2) is 27.5. The quantitative estimate of drug-likeness (QED) is 0.0930. The van der Waals surface area contributed by atoms with Crippen LogP contribution in [0, 0.1) is 0 Å². The molecule has 0 saturated heterocycles. The van der Waals surface area contributed by atoms with Crippen molar-refractivity contribution in [1.82, 2.24) is 10.2 Å². The van der Waals surface area contributed by atoms with Gasteiger partial charge in [-0.05, 0) is 51.7 Å². The van der Waals surface area contributed by atoms with Crippen molar-refractivity contribution >= 4 is 11.9 Å². The fourth-order valence-corrected chi connectivity index (χ4v) is 4.49. The van der Waals surface area contributed by atoms with Crippen molar-refractivity contribution < 1.29 is 14.3 Å². The van der Waals surface area contributed by atoms with Gasteiger partial charge >= 0.3 is 5.97 Å². The van der Waals surface area contributed by atoms with Gasteiger partial charge in [0.05, 0.1) is 6.61 Å². The molecule has 35 heavy (non-hydrogen) atoms. The minimum Gasteiger partial charge on any atom is -0.466 e. The summed E-state index contributed by atoms with van der Waals surface area (Å²) in [6.45, 7) is 8.41. The number of carbonyl (C=O) groups is 2. The molecule has 0 aliphatic heterocycles. The number of hydrogen-bond acceptors (Lipinski definition) is 4. The van der Waals surface area contributed by atoms with Gasteiger partial charge in [0.2, 0.25) is 5.91 Å². The molecule has 0 aliphatic carbocycles. The molecule has 1 amide bonds. The summed E-state index contributed by atoms with van der Waals surface area (Å²) in [5.41, 5.74) is 0. The number of rotatable bonds is 27. The van der Waals surface area contributed by atoms with Crippen molar-refractivity contribution in [3.63, 3.8) is 0 Å². The number of amides is 1. The molecule has 208 valence electrons. The Morgan fingerprint density at radius 1 is 0.571 bits per heavy atom. The van der Waals surface area contributed by atoms with Crippen LogP contribution in [-0.2, 0) is 14.3 Å². The van der Waals surface area contributed by atoms with Crippen LogP contribution in [0.3, 0.4) is 0 Å². The number of hydrogen-bond donors (Lipinski definition) is 1. The molecule has 0 fully saturated rings. The van der Waals surface area contributed by atoms with Gasteiger partial charge in [-0.25, -0.2) is 0 Å². The van der Waals surface area contributed by atoms with Crippen LogP contribution in [0.1, 0.15) is 149 Å². The van der Waals surface area contributed by atoms with E-state index >= 15 is 0 Å². The molecule has 5 nitrogen and oxygen atoms in total. The van der Waals surface area contributed by atoms with Gasteiger partial charge in [0, 0.05) is 19.9 Å². The Morgan fingerprint density at radius 2 is 1.03 bits per heavy atom. The molecule has 0 saturated carbocycles. The van der Waals surface area contributed by atoms with E-state index in [1.54, 1.807) is 7.05 Å². The SMILES string of the molecule is CCCCCCCCCOC(=O)CCCCCCCN(CCCCCCCC)CCCC(=O)NC. The van der Waals surface area contributed by atoms with E-state index in [9.17, 15) is 9.59 Å². The molecule has 0 bridgehead atoms. The number of esters is 1. The summed E-state index contributed by atoms with van der Waals surface area (Å²) in [5, 5.41) is 2.73. The Balaban J connectivity index is 3.76. The molecule has 0 radical (unpaired) electrons. The summed E-state index contributed by atoms with van der Waals surface area (Å²) in [5.74, 6) is 0.127. The van der Waals surface area contributed by atoms with E-state index in [1.165, 1.54) is 96.3 Å². The Bertz CT molecular complexity index is 471. The smallest absolute Gasteiger partial charge is 0.305 e. The van der Waals surface area contributed by atoms with E-state index in [0.29, 0.717) is 19.4 Å². The lowest BCUT2D eigenvalue weighted by Gasteiger charge is -2.22. The van der Waals surface area contributed by atoms with Crippen molar-refractivity contribution in [2.24, 2.45) is 0 Å². The standard InChI is InChI=1S/C30H60N2O3/c1-4-6-8-10-12-17-21-28-35-30(34)24-18-14-13-16-20-26-32(27-22-23-29(33)31-3)25-19-15-11-9-7-5-2/h4-28H2,1-3H3,(H,31,33). The molecule has 0 atom stereocenters. The van der Waals surface area contributed by atoms with Gasteiger partial charge in [0.1, 0.15) is 0 Å². The highest BCUT2D eigenvalue weighted by molar-refractivity contribution is 5.75. The van der Waals surface area contributed by atoms with Crippen LogP contribution in [0.2, 0.25) is 0 Å². The highest BCUT2D eigenvalue weighted by atomic mass is 16.5. The molecule has 0 heterocycles. The van der Waals surface area contributed by atoms with Gasteiger partial charge in [-0.2, -0.15) is 0 Å². The molecule has 0 unspecified atom stereocenters. The van der Waals surface area contributed by atoms with Crippen LogP contribution < -0.4 is 5.32 Å². The first-order valence-electron chi connectivity index (χ1n) is 15.2. The zero-order chi connectivity index (χ0) is 25.8. The molecular formula is C30H60N2O3. The van der Waals surface area contributed by atoms with Crippen molar-refractivity contribution in [1.29, 1.82) is 0 Å². The van der Waals surface area contributed by atoms with Crippen LogP contribution in [0.5, 0.6) is 0 Å². The van der Waals surface area contributed by atoms with Gasteiger partial charge in [-0.1, -0.05) is 104 Å². The zero-order valence-corrected chi connectivity index (χ0v) is 23.8. The number of carbonyl (C=O) groups excluding carboxylic acids is 2. The molecule has 0 aliphatic rings. The monoisotopic (exact) mass is 496 g/mol. The Labute approximate surface area is 218 Å². The first kappa shape index (κ1) is 33.9. The number of ether oxygens (including phenoxy) is 1. The summed E-state index contributed by atoms with van der Waals surface area (Å²) < 4.78 is 5.39. The Hall–Kier alpha value is -1.10. The third-order valence-electron chi connectivity index (χ3n) is 6.85. The van der Waals surface area contributed by atoms with E-state index in [2.05, 4.69) is 24.1 Å². The molecule has 0 aromatic heterocycles. The van der Waals surface area contributed by atoms with Crippen LogP contribution in [0.15, 0.2) is 0 Å². The van der Waals surface area contributed by atoms with Crippen molar-refractivity contribution in [3.8, 4) is 0 Å². The van der Waals surface area contributed by atoms with Gasteiger partial charge < -0.3 is 15.0 Å². The van der Waals surface area contributed by atoms with Crippen LogP contribution in [-0.4, -0.2) is 50.1 Å². The molecule has 0 aromatic rings. The largest absolute Gasteiger partial charge is 0.466 e. The Morgan fingerprint density at radius 3 is 1.57 bits per heavy atom. The van der Waals surface area contributed by atoms with E-state index in [4.69, 9.17) is 4.74 Å². The molecule has 5 heteroatoms. The normalized spacial score (nSPS) is 11.2. The average molecular weight is 497 g/mol. The molecule has 0 aromatic carbocycles. The molecule has 0 spiro atoms. The van der Waals surface area contributed by atoms with Crippen molar-refractivity contribution in [2.45, 2.75) is 149 Å².